The van der Waals surface area contributed by atoms with Crippen molar-refractivity contribution in [3.8, 4) is 0 Å². The van der Waals surface area contributed by atoms with Crippen molar-refractivity contribution >= 4 is 11.6 Å². The Morgan fingerprint density at radius 3 is 2.44 bits per heavy atom. The van der Waals surface area contributed by atoms with Crippen LogP contribution >= 0.6 is 11.6 Å². The highest BCUT2D eigenvalue weighted by molar-refractivity contribution is 6.25. The molecule has 1 nitrogen and oxygen atoms in total. The number of hydrogen-bond acceptors (Lipinski definition) is 1. The van der Waals surface area contributed by atoms with Crippen molar-refractivity contribution in [3.05, 3.63) is 71.3 Å². The predicted octanol–water partition coefficient (Wildman–Crippen LogP) is 3.66. The third-order valence-corrected chi connectivity index (χ3v) is 3.47. The summed E-state index contributed by atoms with van der Waals surface area (Å²) in [6.45, 7) is 0.578. The van der Waals surface area contributed by atoms with Gasteiger partial charge in [0, 0.05) is 11.1 Å². The second-order valence-corrected chi connectivity index (χ2v) is 4.44. The monoisotopic (exact) mass is 230 g/mol. The Balaban J connectivity index is 2.15. The van der Waals surface area contributed by atoms with E-state index < -0.39 is 5.06 Å². The number of rotatable bonds is 1. The zero-order chi connectivity index (χ0) is 11.0. The minimum Gasteiger partial charge on any atom is -0.346 e. The fourth-order valence-corrected chi connectivity index (χ4v) is 2.47. The molecule has 0 saturated carbocycles. The van der Waals surface area contributed by atoms with Crippen LogP contribution in [0.1, 0.15) is 16.7 Å². The van der Waals surface area contributed by atoms with Gasteiger partial charge < -0.3 is 4.74 Å². The maximum atomic E-state index is 6.60. The molecule has 0 radical (unpaired) electrons. The molecule has 0 bridgehead atoms. The third kappa shape index (κ3) is 1.36. The molecule has 2 aromatic carbocycles. The van der Waals surface area contributed by atoms with Crippen molar-refractivity contribution < 1.29 is 4.74 Å². The first-order chi connectivity index (χ1) is 7.81. The van der Waals surface area contributed by atoms with Gasteiger partial charge in [0.15, 0.2) is 5.06 Å². The van der Waals surface area contributed by atoms with Crippen molar-refractivity contribution in [3.63, 3.8) is 0 Å². The average Bonchev–Trinajstić information content (AvgIpc) is 2.71. The molecule has 0 aliphatic carbocycles. The predicted molar refractivity (Wildman–Crippen MR) is 64.3 cm³/mol. The molecule has 16 heavy (non-hydrogen) atoms. The van der Waals surface area contributed by atoms with Crippen molar-refractivity contribution in [2.45, 2.75) is 11.7 Å². The molecule has 1 unspecified atom stereocenters. The van der Waals surface area contributed by atoms with Crippen molar-refractivity contribution in [1.29, 1.82) is 0 Å². The topological polar surface area (TPSA) is 9.23 Å². The third-order valence-electron chi connectivity index (χ3n) is 2.94. The standard InChI is InChI=1S/C14H11ClO/c15-14(12-7-2-1-3-8-12)13-9-5-4-6-11(13)10-16-14/h1-9H,10H2. The lowest BCUT2D eigenvalue weighted by atomic mass is 9.99. The molecular formula is C14H11ClO. The van der Waals surface area contributed by atoms with Crippen LogP contribution in [0.3, 0.4) is 0 Å². The first-order valence-corrected chi connectivity index (χ1v) is 5.65. The summed E-state index contributed by atoms with van der Waals surface area (Å²) in [6, 6.07) is 18.0. The lowest BCUT2D eigenvalue weighted by molar-refractivity contribution is 0.0600. The summed E-state index contributed by atoms with van der Waals surface area (Å²) in [4.78, 5) is 0. The lowest BCUT2D eigenvalue weighted by Gasteiger charge is -2.22. The molecule has 0 spiro atoms. The number of hydrogen-bond donors (Lipinski definition) is 0. The molecular weight excluding hydrogens is 220 g/mol. The Morgan fingerprint density at radius 2 is 1.62 bits per heavy atom. The zero-order valence-corrected chi connectivity index (χ0v) is 9.45. The Bertz CT molecular complexity index is 509. The van der Waals surface area contributed by atoms with Crippen LogP contribution in [0, 0.1) is 0 Å². The second-order valence-electron chi connectivity index (χ2n) is 3.91. The first kappa shape index (κ1) is 9.88. The van der Waals surface area contributed by atoms with Crippen LogP contribution in [0.4, 0.5) is 0 Å². The van der Waals surface area contributed by atoms with E-state index in [1.165, 1.54) is 5.56 Å². The number of benzene rings is 2. The second kappa shape index (κ2) is 3.62. The normalized spacial score (nSPS) is 23.1. The van der Waals surface area contributed by atoms with E-state index in [0.717, 1.165) is 11.1 Å². The SMILES string of the molecule is ClC1(c2ccccc2)OCc2ccccc21. The van der Waals surface area contributed by atoms with E-state index in [2.05, 4.69) is 6.07 Å². The van der Waals surface area contributed by atoms with Crippen LogP contribution in [-0.4, -0.2) is 0 Å². The highest BCUT2D eigenvalue weighted by Crippen LogP contribution is 2.44. The molecule has 0 fully saturated rings. The lowest BCUT2D eigenvalue weighted by Crippen LogP contribution is -2.18. The molecule has 80 valence electrons. The Morgan fingerprint density at radius 1 is 0.938 bits per heavy atom. The summed E-state index contributed by atoms with van der Waals surface area (Å²) in [5, 5.41) is -0.808. The molecule has 0 amide bonds. The summed E-state index contributed by atoms with van der Waals surface area (Å²) in [5.41, 5.74) is 3.21. The Hall–Kier alpha value is -1.31. The quantitative estimate of drug-likeness (QED) is 0.680. The molecule has 0 N–H and O–H groups in total. The van der Waals surface area contributed by atoms with Crippen LogP contribution < -0.4 is 0 Å². The number of ether oxygens (including phenoxy) is 1. The minimum atomic E-state index is -0.808. The first-order valence-electron chi connectivity index (χ1n) is 5.27. The maximum absolute atomic E-state index is 6.60. The van der Waals surface area contributed by atoms with Crippen molar-refractivity contribution in [2.24, 2.45) is 0 Å². The fraction of sp³-hybridized carbons (Fsp3) is 0.143. The van der Waals surface area contributed by atoms with E-state index in [-0.39, 0.29) is 0 Å². The van der Waals surface area contributed by atoms with Crippen LogP contribution in [0.25, 0.3) is 0 Å². The molecule has 1 aliphatic heterocycles. The van der Waals surface area contributed by atoms with Gasteiger partial charge in [0.25, 0.3) is 0 Å². The average molecular weight is 231 g/mol. The molecule has 2 aromatic rings. The van der Waals surface area contributed by atoms with Gasteiger partial charge in [0.1, 0.15) is 0 Å². The maximum Gasteiger partial charge on any atom is 0.193 e. The zero-order valence-electron chi connectivity index (χ0n) is 8.69. The summed E-state index contributed by atoms with van der Waals surface area (Å²) in [6.07, 6.45) is 0. The molecule has 1 heterocycles. The van der Waals surface area contributed by atoms with E-state index in [9.17, 15) is 0 Å². The van der Waals surface area contributed by atoms with Gasteiger partial charge in [-0.25, -0.2) is 0 Å². The van der Waals surface area contributed by atoms with Crippen molar-refractivity contribution in [1.82, 2.24) is 0 Å². The Labute approximate surface area is 99.6 Å². The molecule has 0 aromatic heterocycles. The van der Waals surface area contributed by atoms with E-state index >= 15 is 0 Å². The number of halogens is 1. The van der Waals surface area contributed by atoms with E-state index in [1.807, 2.05) is 48.5 Å². The van der Waals surface area contributed by atoms with Gasteiger partial charge >= 0.3 is 0 Å². The van der Waals surface area contributed by atoms with E-state index in [4.69, 9.17) is 16.3 Å². The van der Waals surface area contributed by atoms with Crippen LogP contribution in [0.5, 0.6) is 0 Å². The minimum absolute atomic E-state index is 0.578. The highest BCUT2D eigenvalue weighted by atomic mass is 35.5. The van der Waals surface area contributed by atoms with Gasteiger partial charge in [-0.2, -0.15) is 0 Å². The van der Waals surface area contributed by atoms with Crippen LogP contribution in [0.2, 0.25) is 0 Å². The molecule has 2 heteroatoms. The highest BCUT2D eigenvalue weighted by Gasteiger charge is 2.39. The van der Waals surface area contributed by atoms with Gasteiger partial charge in [-0.1, -0.05) is 66.2 Å². The van der Waals surface area contributed by atoms with Gasteiger partial charge in [0.2, 0.25) is 0 Å². The van der Waals surface area contributed by atoms with E-state index in [1.54, 1.807) is 0 Å². The largest absolute Gasteiger partial charge is 0.346 e. The number of fused-ring (bicyclic) bond motifs is 1. The summed E-state index contributed by atoms with van der Waals surface area (Å²) in [5.74, 6) is 0. The summed E-state index contributed by atoms with van der Waals surface area (Å²) < 4.78 is 5.76. The Kier molecular flexibility index (Phi) is 2.23. The van der Waals surface area contributed by atoms with Gasteiger partial charge in [-0.05, 0) is 5.56 Å². The summed E-state index contributed by atoms with van der Waals surface area (Å²) >= 11 is 6.60. The molecule has 3 rings (SSSR count). The summed E-state index contributed by atoms with van der Waals surface area (Å²) in [7, 11) is 0. The molecule has 0 saturated heterocycles. The number of alkyl halides is 1. The van der Waals surface area contributed by atoms with Gasteiger partial charge in [-0.15, -0.1) is 0 Å². The van der Waals surface area contributed by atoms with Gasteiger partial charge in [0.05, 0.1) is 6.61 Å². The van der Waals surface area contributed by atoms with E-state index in [0.29, 0.717) is 6.61 Å². The smallest absolute Gasteiger partial charge is 0.193 e. The van der Waals surface area contributed by atoms with Crippen molar-refractivity contribution in [2.75, 3.05) is 0 Å². The molecule has 1 aliphatic rings. The van der Waals surface area contributed by atoms with Crippen LogP contribution in [0.15, 0.2) is 54.6 Å². The van der Waals surface area contributed by atoms with Crippen LogP contribution in [-0.2, 0) is 16.4 Å². The molecule has 1 atom stereocenters. The fourth-order valence-electron chi connectivity index (χ4n) is 2.11. The van der Waals surface area contributed by atoms with Gasteiger partial charge in [-0.3, -0.25) is 0 Å².